The largest absolute Gasteiger partial charge is 0.481 e. The van der Waals surface area contributed by atoms with E-state index in [9.17, 15) is 9.59 Å². The van der Waals surface area contributed by atoms with Crippen LogP contribution in [0, 0.1) is 17.3 Å². The van der Waals surface area contributed by atoms with Crippen molar-refractivity contribution in [1.82, 2.24) is 5.32 Å². The van der Waals surface area contributed by atoms with Crippen LogP contribution >= 0.6 is 0 Å². The van der Waals surface area contributed by atoms with Gasteiger partial charge in [0.2, 0.25) is 5.91 Å². The Balaban J connectivity index is 1.88. The molecular weight excluding hydrogens is 242 g/mol. The summed E-state index contributed by atoms with van der Waals surface area (Å²) in [4.78, 5) is 23.3. The monoisotopic (exact) mass is 267 g/mol. The van der Waals surface area contributed by atoms with Gasteiger partial charge in [0.1, 0.15) is 0 Å². The van der Waals surface area contributed by atoms with Crippen molar-refractivity contribution in [3.63, 3.8) is 0 Å². The molecule has 4 heteroatoms. The number of carboxylic acid groups (broad SMARTS) is 1. The minimum Gasteiger partial charge on any atom is -0.481 e. The minimum atomic E-state index is -0.816. The van der Waals surface area contributed by atoms with Crippen LogP contribution in [0.2, 0.25) is 0 Å². The van der Waals surface area contributed by atoms with Gasteiger partial charge in [-0.1, -0.05) is 26.2 Å². The van der Waals surface area contributed by atoms with Gasteiger partial charge in [-0.15, -0.1) is 0 Å². The highest BCUT2D eigenvalue weighted by molar-refractivity contribution is 5.85. The molecule has 2 aliphatic carbocycles. The van der Waals surface area contributed by atoms with Gasteiger partial charge in [-0.2, -0.15) is 0 Å². The van der Waals surface area contributed by atoms with Crippen molar-refractivity contribution in [2.75, 3.05) is 6.54 Å². The topological polar surface area (TPSA) is 66.4 Å². The predicted octanol–water partition coefficient (Wildman–Crippen LogP) is 2.57. The lowest BCUT2D eigenvalue weighted by Gasteiger charge is -2.28. The van der Waals surface area contributed by atoms with Crippen molar-refractivity contribution < 1.29 is 14.7 Å². The standard InChI is InChI=1S/C15H25NO3/c1-2-15(8-3-4-9-15)10-16-13(17)11-6-5-7-12(11)14(18)19/h11-12H,2-10H2,1H3,(H,16,17)(H,18,19)/t11-,12+/m1/s1. The molecule has 19 heavy (non-hydrogen) atoms. The van der Waals surface area contributed by atoms with Gasteiger partial charge < -0.3 is 10.4 Å². The van der Waals surface area contributed by atoms with E-state index in [4.69, 9.17) is 5.11 Å². The van der Waals surface area contributed by atoms with E-state index in [-0.39, 0.29) is 17.2 Å². The molecule has 0 aromatic carbocycles. The van der Waals surface area contributed by atoms with Gasteiger partial charge in [-0.25, -0.2) is 0 Å². The molecular formula is C15H25NO3. The molecule has 0 spiro atoms. The summed E-state index contributed by atoms with van der Waals surface area (Å²) >= 11 is 0. The summed E-state index contributed by atoms with van der Waals surface area (Å²) in [6, 6.07) is 0. The second-order valence-corrected chi connectivity index (χ2v) is 6.26. The quantitative estimate of drug-likeness (QED) is 0.804. The third kappa shape index (κ3) is 3.10. The third-order valence-corrected chi connectivity index (χ3v) is 5.22. The van der Waals surface area contributed by atoms with Crippen molar-refractivity contribution in [3.8, 4) is 0 Å². The number of amides is 1. The van der Waals surface area contributed by atoms with Crippen molar-refractivity contribution in [3.05, 3.63) is 0 Å². The number of carbonyl (C=O) groups excluding carboxylic acids is 1. The van der Waals surface area contributed by atoms with Crippen molar-refractivity contribution in [2.24, 2.45) is 17.3 Å². The van der Waals surface area contributed by atoms with E-state index < -0.39 is 11.9 Å². The highest BCUT2D eigenvalue weighted by Gasteiger charge is 2.39. The Morgan fingerprint density at radius 2 is 1.79 bits per heavy atom. The molecule has 2 saturated carbocycles. The van der Waals surface area contributed by atoms with Gasteiger partial charge >= 0.3 is 5.97 Å². The van der Waals surface area contributed by atoms with Crippen LogP contribution < -0.4 is 5.32 Å². The maximum absolute atomic E-state index is 12.2. The number of carboxylic acids is 1. The van der Waals surface area contributed by atoms with Crippen LogP contribution in [0.25, 0.3) is 0 Å². The Morgan fingerprint density at radius 3 is 2.37 bits per heavy atom. The molecule has 2 N–H and O–H groups in total. The number of rotatable bonds is 5. The summed E-state index contributed by atoms with van der Waals surface area (Å²) in [5.41, 5.74) is 0.271. The molecule has 2 fully saturated rings. The zero-order chi connectivity index (χ0) is 13.9. The Hall–Kier alpha value is -1.06. The normalized spacial score (nSPS) is 29.3. The van der Waals surface area contributed by atoms with Crippen LogP contribution in [0.3, 0.4) is 0 Å². The number of nitrogens with one attached hydrogen (secondary N) is 1. The predicted molar refractivity (Wildman–Crippen MR) is 72.7 cm³/mol. The van der Waals surface area contributed by atoms with Gasteiger partial charge in [-0.3, -0.25) is 9.59 Å². The maximum Gasteiger partial charge on any atom is 0.307 e. The summed E-state index contributed by atoms with van der Waals surface area (Å²) in [5, 5.41) is 12.2. The van der Waals surface area contributed by atoms with Crippen LogP contribution in [0.5, 0.6) is 0 Å². The SMILES string of the molecule is CCC1(CNC(=O)[C@@H]2CCC[C@@H]2C(=O)O)CCCC1. The Labute approximate surface area is 115 Å². The molecule has 0 aliphatic heterocycles. The highest BCUT2D eigenvalue weighted by atomic mass is 16.4. The third-order valence-electron chi connectivity index (χ3n) is 5.22. The molecule has 0 saturated heterocycles. The zero-order valence-corrected chi connectivity index (χ0v) is 11.8. The van der Waals surface area contributed by atoms with Crippen LogP contribution in [0.1, 0.15) is 58.3 Å². The van der Waals surface area contributed by atoms with E-state index in [0.29, 0.717) is 6.42 Å². The summed E-state index contributed by atoms with van der Waals surface area (Å²) in [6.45, 7) is 2.91. The fraction of sp³-hybridized carbons (Fsp3) is 0.867. The Kier molecular flexibility index (Phi) is 4.48. The average molecular weight is 267 g/mol. The minimum absolute atomic E-state index is 0.0374. The zero-order valence-electron chi connectivity index (χ0n) is 11.8. The summed E-state index contributed by atoms with van der Waals surface area (Å²) in [6.07, 6.45) is 8.21. The van der Waals surface area contributed by atoms with Gasteiger partial charge in [-0.05, 0) is 37.5 Å². The number of carbonyl (C=O) groups is 2. The first kappa shape index (κ1) is 14.4. The van der Waals surface area contributed by atoms with E-state index in [0.717, 1.165) is 25.8 Å². The maximum atomic E-state index is 12.2. The van der Waals surface area contributed by atoms with Gasteiger partial charge in [0.05, 0.1) is 11.8 Å². The van der Waals surface area contributed by atoms with E-state index >= 15 is 0 Å². The Morgan fingerprint density at radius 1 is 1.16 bits per heavy atom. The van der Waals surface area contributed by atoms with Crippen LogP contribution in [-0.2, 0) is 9.59 Å². The molecule has 0 aromatic rings. The first-order valence-electron chi connectivity index (χ1n) is 7.58. The molecule has 1 amide bonds. The summed E-state index contributed by atoms with van der Waals surface area (Å²) in [5.74, 6) is -1.64. The second kappa shape index (κ2) is 5.93. The Bertz CT molecular complexity index is 347. The lowest BCUT2D eigenvalue weighted by molar-refractivity contribution is -0.146. The van der Waals surface area contributed by atoms with Crippen LogP contribution in [0.4, 0.5) is 0 Å². The fourth-order valence-electron chi connectivity index (χ4n) is 3.76. The first-order valence-corrected chi connectivity index (χ1v) is 7.58. The molecule has 0 radical (unpaired) electrons. The lowest BCUT2D eigenvalue weighted by Crippen LogP contribution is -2.41. The second-order valence-electron chi connectivity index (χ2n) is 6.26. The van der Waals surface area contributed by atoms with E-state index in [1.807, 2.05) is 0 Å². The average Bonchev–Trinajstić information content (AvgIpc) is 3.05. The van der Waals surface area contributed by atoms with Gasteiger partial charge in [0, 0.05) is 6.54 Å². The molecule has 2 rings (SSSR count). The molecule has 0 aromatic heterocycles. The molecule has 0 heterocycles. The molecule has 108 valence electrons. The number of hydrogen-bond donors (Lipinski definition) is 2. The summed E-state index contributed by atoms with van der Waals surface area (Å²) in [7, 11) is 0. The van der Waals surface area contributed by atoms with Crippen molar-refractivity contribution >= 4 is 11.9 Å². The molecule has 2 aliphatic rings. The lowest BCUT2D eigenvalue weighted by atomic mass is 9.83. The summed E-state index contributed by atoms with van der Waals surface area (Å²) < 4.78 is 0. The molecule has 0 unspecified atom stereocenters. The van der Waals surface area contributed by atoms with Gasteiger partial charge in [0.25, 0.3) is 0 Å². The highest BCUT2D eigenvalue weighted by Crippen LogP contribution is 2.40. The molecule has 0 bridgehead atoms. The van der Waals surface area contributed by atoms with Crippen molar-refractivity contribution in [1.29, 1.82) is 0 Å². The number of hydrogen-bond acceptors (Lipinski definition) is 2. The van der Waals surface area contributed by atoms with E-state index in [1.165, 1.54) is 25.7 Å². The van der Waals surface area contributed by atoms with Crippen LogP contribution in [0.15, 0.2) is 0 Å². The van der Waals surface area contributed by atoms with Gasteiger partial charge in [0.15, 0.2) is 0 Å². The van der Waals surface area contributed by atoms with Crippen molar-refractivity contribution in [2.45, 2.75) is 58.3 Å². The smallest absolute Gasteiger partial charge is 0.307 e. The van der Waals surface area contributed by atoms with E-state index in [1.54, 1.807) is 0 Å². The molecule has 2 atom stereocenters. The first-order chi connectivity index (χ1) is 9.08. The fourth-order valence-corrected chi connectivity index (χ4v) is 3.76. The van der Waals surface area contributed by atoms with E-state index in [2.05, 4.69) is 12.2 Å². The van der Waals surface area contributed by atoms with Crippen LogP contribution in [-0.4, -0.2) is 23.5 Å². The molecule has 4 nitrogen and oxygen atoms in total. The number of aliphatic carboxylic acids is 1.